The molecule has 1 aliphatic carbocycles. The van der Waals surface area contributed by atoms with Crippen molar-refractivity contribution in [1.82, 2.24) is 5.32 Å². The molecule has 2 fully saturated rings. The summed E-state index contributed by atoms with van der Waals surface area (Å²) in [6.45, 7) is 1.17. The molecule has 0 bridgehead atoms. The second-order valence-corrected chi connectivity index (χ2v) is 3.30. The monoisotopic (exact) mass is 121 g/mol. The van der Waals surface area contributed by atoms with Crippen molar-refractivity contribution in [3.05, 3.63) is 0 Å². The van der Waals surface area contributed by atoms with E-state index in [0.717, 1.165) is 0 Å². The lowest BCUT2D eigenvalue weighted by Gasteiger charge is -1.98. The smallest absolute Gasteiger partial charge is 0.0692 e. The van der Waals surface area contributed by atoms with Gasteiger partial charge in [-0.25, -0.2) is 0 Å². The van der Waals surface area contributed by atoms with Gasteiger partial charge in [0.25, 0.3) is 0 Å². The summed E-state index contributed by atoms with van der Waals surface area (Å²) in [5, 5.41) is 3.32. The van der Waals surface area contributed by atoms with Crippen molar-refractivity contribution >= 4 is 0 Å². The molecule has 2 rings (SSSR count). The Kier molecular flexibility index (Phi) is 0.896. The maximum absolute atomic E-state index is 5.27. The second kappa shape index (κ2) is 1.52. The van der Waals surface area contributed by atoms with E-state index in [-0.39, 0.29) is 0 Å². The van der Waals surface area contributed by atoms with E-state index in [0.29, 0.717) is 11.5 Å². The van der Waals surface area contributed by atoms with Gasteiger partial charge in [-0.3, -0.25) is 0 Å². The molecule has 0 unspecified atom stereocenters. The Hall–Kier alpha value is -0.480. The zero-order valence-electron chi connectivity index (χ0n) is 5.48. The normalized spacial score (nSPS) is 36.6. The summed E-state index contributed by atoms with van der Waals surface area (Å²) in [6, 6.07) is 0.382. The van der Waals surface area contributed by atoms with Crippen molar-refractivity contribution in [2.75, 3.05) is 6.54 Å². The van der Waals surface area contributed by atoms with E-state index in [1.54, 1.807) is 0 Å². The zero-order valence-corrected chi connectivity index (χ0v) is 5.48. The standard InChI is InChI=1S/C8H11N/c1-2-7-5-8(3-4-8)6-9-7/h1,7,9H,3-6H2/t7-/m1/s1. The molecule has 1 saturated heterocycles. The number of hydrogen-bond acceptors (Lipinski definition) is 1. The van der Waals surface area contributed by atoms with Crippen LogP contribution in [-0.2, 0) is 0 Å². The van der Waals surface area contributed by atoms with Crippen molar-refractivity contribution in [3.8, 4) is 12.3 Å². The topological polar surface area (TPSA) is 12.0 Å². The van der Waals surface area contributed by atoms with Crippen LogP contribution in [0.3, 0.4) is 0 Å². The van der Waals surface area contributed by atoms with E-state index in [1.807, 2.05) is 0 Å². The predicted octanol–water partition coefficient (Wildman–Crippen LogP) is 0.762. The fourth-order valence-corrected chi connectivity index (χ4v) is 1.59. The SMILES string of the molecule is C#C[C@@H]1CC2(CC2)CN1. The molecular weight excluding hydrogens is 110 g/mol. The molecule has 2 aliphatic rings. The molecule has 1 aliphatic heterocycles. The fourth-order valence-electron chi connectivity index (χ4n) is 1.59. The maximum atomic E-state index is 5.27. The van der Waals surface area contributed by atoms with Crippen LogP contribution < -0.4 is 5.32 Å². The molecule has 0 aromatic carbocycles. The molecule has 1 saturated carbocycles. The Morgan fingerprint density at radius 3 is 2.67 bits per heavy atom. The second-order valence-electron chi connectivity index (χ2n) is 3.30. The van der Waals surface area contributed by atoms with Crippen LogP contribution >= 0.6 is 0 Å². The summed E-state index contributed by atoms with van der Waals surface area (Å²) in [5.41, 5.74) is 0.664. The third kappa shape index (κ3) is 0.746. The number of nitrogens with one attached hydrogen (secondary N) is 1. The van der Waals surface area contributed by atoms with Gasteiger partial charge in [-0.2, -0.15) is 0 Å². The van der Waals surface area contributed by atoms with Crippen molar-refractivity contribution in [1.29, 1.82) is 0 Å². The third-order valence-corrected chi connectivity index (χ3v) is 2.52. The van der Waals surface area contributed by atoms with Crippen molar-refractivity contribution in [2.45, 2.75) is 25.3 Å². The van der Waals surface area contributed by atoms with Gasteiger partial charge < -0.3 is 5.32 Å². The van der Waals surface area contributed by atoms with Crippen LogP contribution in [0.15, 0.2) is 0 Å². The summed E-state index contributed by atoms with van der Waals surface area (Å²) in [5.74, 6) is 2.75. The van der Waals surface area contributed by atoms with Crippen LogP contribution in [-0.4, -0.2) is 12.6 Å². The van der Waals surface area contributed by atoms with E-state index in [1.165, 1.54) is 25.8 Å². The molecule has 1 N–H and O–H groups in total. The van der Waals surface area contributed by atoms with Gasteiger partial charge in [-0.1, -0.05) is 5.92 Å². The largest absolute Gasteiger partial charge is 0.303 e. The highest BCUT2D eigenvalue weighted by atomic mass is 15.0. The number of terminal acetylenes is 1. The van der Waals surface area contributed by atoms with E-state index in [4.69, 9.17) is 6.42 Å². The lowest BCUT2D eigenvalue weighted by Crippen LogP contribution is -2.18. The first-order chi connectivity index (χ1) is 4.35. The third-order valence-electron chi connectivity index (χ3n) is 2.52. The maximum Gasteiger partial charge on any atom is 0.0692 e. The average Bonchev–Trinajstić information content (AvgIpc) is 2.44. The van der Waals surface area contributed by atoms with Gasteiger partial charge in [0.05, 0.1) is 6.04 Å². The van der Waals surface area contributed by atoms with Crippen LogP contribution in [0.25, 0.3) is 0 Å². The van der Waals surface area contributed by atoms with Gasteiger partial charge in [0.1, 0.15) is 0 Å². The zero-order chi connectivity index (χ0) is 6.32. The lowest BCUT2D eigenvalue weighted by molar-refractivity contribution is 0.567. The Labute approximate surface area is 55.8 Å². The number of hydrogen-bond donors (Lipinski definition) is 1. The molecule has 0 aromatic heterocycles. The summed E-state index contributed by atoms with van der Waals surface area (Å²) < 4.78 is 0. The molecule has 1 nitrogen and oxygen atoms in total. The molecule has 0 radical (unpaired) electrons. The van der Waals surface area contributed by atoms with Crippen LogP contribution in [0.4, 0.5) is 0 Å². The summed E-state index contributed by atoms with van der Waals surface area (Å²) in [7, 11) is 0. The Morgan fingerprint density at radius 1 is 1.56 bits per heavy atom. The van der Waals surface area contributed by atoms with Gasteiger partial charge in [-0.05, 0) is 24.7 Å². The van der Waals surface area contributed by atoms with Gasteiger partial charge in [0, 0.05) is 6.54 Å². The molecule has 0 aromatic rings. The summed E-state index contributed by atoms with van der Waals surface area (Å²) in [4.78, 5) is 0. The highest BCUT2D eigenvalue weighted by molar-refractivity contribution is 5.12. The first kappa shape index (κ1) is 5.32. The molecule has 0 amide bonds. The van der Waals surface area contributed by atoms with E-state index in [2.05, 4.69) is 11.2 Å². The highest BCUT2D eigenvalue weighted by Gasteiger charge is 2.47. The first-order valence-electron chi connectivity index (χ1n) is 3.54. The Morgan fingerprint density at radius 2 is 2.33 bits per heavy atom. The van der Waals surface area contributed by atoms with E-state index >= 15 is 0 Å². The molecule has 1 heteroatoms. The molecule has 1 spiro atoms. The van der Waals surface area contributed by atoms with Crippen LogP contribution in [0.2, 0.25) is 0 Å². The molecule has 9 heavy (non-hydrogen) atoms. The van der Waals surface area contributed by atoms with Crippen molar-refractivity contribution in [3.63, 3.8) is 0 Å². The molecule has 1 heterocycles. The molecular formula is C8H11N. The van der Waals surface area contributed by atoms with E-state index < -0.39 is 0 Å². The minimum atomic E-state index is 0.382. The van der Waals surface area contributed by atoms with Gasteiger partial charge in [-0.15, -0.1) is 6.42 Å². The Bertz CT molecular complexity index is 162. The summed E-state index contributed by atoms with van der Waals surface area (Å²) >= 11 is 0. The average molecular weight is 121 g/mol. The first-order valence-corrected chi connectivity index (χ1v) is 3.54. The molecule has 48 valence electrons. The van der Waals surface area contributed by atoms with Crippen LogP contribution in [0.1, 0.15) is 19.3 Å². The van der Waals surface area contributed by atoms with Crippen LogP contribution in [0, 0.1) is 17.8 Å². The van der Waals surface area contributed by atoms with Gasteiger partial charge >= 0.3 is 0 Å². The van der Waals surface area contributed by atoms with Gasteiger partial charge in [0.15, 0.2) is 0 Å². The summed E-state index contributed by atoms with van der Waals surface area (Å²) in [6.07, 6.45) is 9.30. The minimum absolute atomic E-state index is 0.382. The fraction of sp³-hybridized carbons (Fsp3) is 0.750. The van der Waals surface area contributed by atoms with E-state index in [9.17, 15) is 0 Å². The van der Waals surface area contributed by atoms with Crippen molar-refractivity contribution in [2.24, 2.45) is 5.41 Å². The van der Waals surface area contributed by atoms with Crippen LogP contribution in [0.5, 0.6) is 0 Å². The lowest BCUT2D eigenvalue weighted by atomic mass is 10.0. The van der Waals surface area contributed by atoms with Gasteiger partial charge in [0.2, 0.25) is 0 Å². The minimum Gasteiger partial charge on any atom is -0.303 e. The quantitative estimate of drug-likeness (QED) is 0.467. The van der Waals surface area contributed by atoms with Crippen molar-refractivity contribution < 1.29 is 0 Å². The highest BCUT2D eigenvalue weighted by Crippen LogP contribution is 2.51. The predicted molar refractivity (Wildman–Crippen MR) is 36.9 cm³/mol. The number of rotatable bonds is 0. The molecule has 1 atom stereocenters. The Balaban J connectivity index is 2.02.